The zero-order valence-corrected chi connectivity index (χ0v) is 14.8. The number of halogens is 2. The van der Waals surface area contributed by atoms with Crippen LogP contribution in [0.25, 0.3) is 0 Å². The molecule has 0 aromatic heterocycles. The number of aliphatic imine (C=N–C) groups is 1. The van der Waals surface area contributed by atoms with Crippen LogP contribution in [0.4, 0.5) is 4.39 Å². The van der Waals surface area contributed by atoms with Gasteiger partial charge < -0.3 is 15.3 Å². The average Bonchev–Trinajstić information content (AvgIpc) is 2.43. The van der Waals surface area contributed by atoms with Crippen LogP contribution in [0.1, 0.15) is 25.3 Å². The van der Waals surface area contributed by atoms with Crippen molar-refractivity contribution in [2.45, 2.75) is 26.3 Å². The zero-order valence-electron chi connectivity index (χ0n) is 12.5. The average molecular weight is 407 g/mol. The van der Waals surface area contributed by atoms with E-state index >= 15 is 0 Å². The van der Waals surface area contributed by atoms with Crippen LogP contribution >= 0.6 is 24.0 Å². The number of nitrogens with one attached hydrogen (secondary N) is 1. The minimum atomic E-state index is -0.592. The smallest absolute Gasteiger partial charge is 0.193 e. The van der Waals surface area contributed by atoms with Crippen LogP contribution in [0.2, 0.25) is 0 Å². The van der Waals surface area contributed by atoms with Gasteiger partial charge in [0.2, 0.25) is 0 Å². The third-order valence-electron chi connectivity index (χ3n) is 3.63. The quantitative estimate of drug-likeness (QED) is 0.450. The van der Waals surface area contributed by atoms with E-state index in [-0.39, 0.29) is 29.7 Å². The lowest BCUT2D eigenvalue weighted by molar-refractivity contribution is 0.266. The predicted octanol–water partition coefficient (Wildman–Crippen LogP) is 2.96. The van der Waals surface area contributed by atoms with Crippen molar-refractivity contribution in [3.05, 3.63) is 29.6 Å². The molecule has 1 saturated heterocycles. The topological polar surface area (TPSA) is 47.9 Å². The second-order valence-electron chi connectivity index (χ2n) is 5.38. The first-order valence-corrected chi connectivity index (χ1v) is 7.03. The maximum atomic E-state index is 13.3. The molecule has 1 unspecified atom stereocenters. The van der Waals surface area contributed by atoms with Crippen LogP contribution in [0.3, 0.4) is 0 Å². The Kier molecular flexibility index (Phi) is 7.21. The fraction of sp³-hybridized carbons (Fsp3) is 0.533. The summed E-state index contributed by atoms with van der Waals surface area (Å²) in [6.07, 6.45) is 2.44. The van der Waals surface area contributed by atoms with Gasteiger partial charge in [-0.3, -0.25) is 4.99 Å². The molecule has 1 aromatic carbocycles. The van der Waals surface area contributed by atoms with E-state index in [0.29, 0.717) is 12.5 Å². The van der Waals surface area contributed by atoms with Crippen LogP contribution in [0.5, 0.6) is 5.75 Å². The molecule has 1 heterocycles. The van der Waals surface area contributed by atoms with E-state index in [1.165, 1.54) is 25.0 Å². The molecule has 0 spiro atoms. The second-order valence-corrected chi connectivity index (χ2v) is 5.38. The van der Waals surface area contributed by atoms with E-state index in [0.717, 1.165) is 24.6 Å². The number of phenols is 1. The highest BCUT2D eigenvalue weighted by molar-refractivity contribution is 14.0. The van der Waals surface area contributed by atoms with Crippen molar-refractivity contribution < 1.29 is 9.50 Å². The Morgan fingerprint density at radius 1 is 1.52 bits per heavy atom. The Bertz CT molecular complexity index is 496. The van der Waals surface area contributed by atoms with Crippen LogP contribution in [-0.2, 0) is 6.54 Å². The number of likely N-dealkylation sites (tertiary alicyclic amines) is 1. The van der Waals surface area contributed by atoms with Crippen molar-refractivity contribution in [1.29, 1.82) is 0 Å². The van der Waals surface area contributed by atoms with Gasteiger partial charge in [0.25, 0.3) is 0 Å². The first kappa shape index (κ1) is 18.0. The standard InChI is InChI=1S/C15H22FN3O.HI/c1-11-4-3-7-19(10-11)15(17-2)18-9-12-5-6-14(20)13(16)8-12;/h5-6,8,11,20H,3-4,7,9-10H2,1-2H3,(H,17,18);1H. The van der Waals surface area contributed by atoms with Gasteiger partial charge in [0, 0.05) is 26.7 Å². The van der Waals surface area contributed by atoms with Gasteiger partial charge >= 0.3 is 0 Å². The molecule has 1 aromatic rings. The Hall–Kier alpha value is -1.05. The van der Waals surface area contributed by atoms with Crippen molar-refractivity contribution in [2.24, 2.45) is 10.9 Å². The van der Waals surface area contributed by atoms with E-state index in [1.807, 2.05) is 0 Å². The van der Waals surface area contributed by atoms with Gasteiger partial charge in [0.15, 0.2) is 17.5 Å². The molecule has 21 heavy (non-hydrogen) atoms. The zero-order chi connectivity index (χ0) is 14.5. The molecule has 1 atom stereocenters. The molecule has 4 nitrogen and oxygen atoms in total. The molecular weight excluding hydrogens is 384 g/mol. The maximum absolute atomic E-state index is 13.3. The molecule has 1 aliphatic heterocycles. The summed E-state index contributed by atoms with van der Waals surface area (Å²) in [7, 11) is 1.76. The van der Waals surface area contributed by atoms with Crippen LogP contribution in [0, 0.1) is 11.7 Å². The molecule has 0 saturated carbocycles. The number of hydrogen-bond acceptors (Lipinski definition) is 2. The fourth-order valence-corrected chi connectivity index (χ4v) is 2.56. The van der Waals surface area contributed by atoms with Gasteiger partial charge in [-0.2, -0.15) is 0 Å². The van der Waals surface area contributed by atoms with Gasteiger partial charge in [-0.25, -0.2) is 4.39 Å². The molecule has 0 aliphatic carbocycles. The lowest BCUT2D eigenvalue weighted by Gasteiger charge is -2.33. The van der Waals surface area contributed by atoms with Gasteiger partial charge in [0.1, 0.15) is 0 Å². The summed E-state index contributed by atoms with van der Waals surface area (Å²) in [5.41, 5.74) is 0.784. The number of phenolic OH excluding ortho intramolecular Hbond substituents is 1. The summed E-state index contributed by atoms with van der Waals surface area (Å²) in [6.45, 7) is 4.75. The van der Waals surface area contributed by atoms with E-state index in [4.69, 9.17) is 0 Å². The summed E-state index contributed by atoms with van der Waals surface area (Å²) in [4.78, 5) is 6.53. The number of benzene rings is 1. The van der Waals surface area contributed by atoms with E-state index in [9.17, 15) is 9.50 Å². The van der Waals surface area contributed by atoms with E-state index in [2.05, 4.69) is 22.1 Å². The SMILES string of the molecule is CN=C(NCc1ccc(O)c(F)c1)N1CCCC(C)C1.I. The molecule has 0 amide bonds. The highest BCUT2D eigenvalue weighted by Crippen LogP contribution is 2.17. The minimum absolute atomic E-state index is 0. The van der Waals surface area contributed by atoms with Crippen molar-refractivity contribution in [2.75, 3.05) is 20.1 Å². The highest BCUT2D eigenvalue weighted by Gasteiger charge is 2.19. The summed E-state index contributed by atoms with van der Waals surface area (Å²) < 4.78 is 13.3. The summed E-state index contributed by atoms with van der Waals surface area (Å²) >= 11 is 0. The third-order valence-corrected chi connectivity index (χ3v) is 3.63. The lowest BCUT2D eigenvalue weighted by atomic mass is 10.0. The van der Waals surface area contributed by atoms with Crippen LogP contribution in [-0.4, -0.2) is 36.1 Å². The van der Waals surface area contributed by atoms with Crippen LogP contribution < -0.4 is 5.32 Å². The number of guanidine groups is 1. The minimum Gasteiger partial charge on any atom is -0.505 e. The molecule has 1 aliphatic rings. The predicted molar refractivity (Wildman–Crippen MR) is 93.6 cm³/mol. The maximum Gasteiger partial charge on any atom is 0.193 e. The Labute approximate surface area is 142 Å². The number of nitrogens with zero attached hydrogens (tertiary/aromatic N) is 2. The highest BCUT2D eigenvalue weighted by atomic mass is 127. The van der Waals surface area contributed by atoms with Crippen molar-refractivity contribution in [1.82, 2.24) is 10.2 Å². The molecule has 1 fully saturated rings. The molecule has 118 valence electrons. The fourth-order valence-electron chi connectivity index (χ4n) is 2.56. The summed E-state index contributed by atoms with van der Waals surface area (Å²) in [6, 6.07) is 4.42. The Balaban J connectivity index is 0.00000220. The lowest BCUT2D eigenvalue weighted by Crippen LogP contribution is -2.45. The van der Waals surface area contributed by atoms with Crippen molar-refractivity contribution >= 4 is 29.9 Å². The van der Waals surface area contributed by atoms with Gasteiger partial charge in [-0.1, -0.05) is 13.0 Å². The van der Waals surface area contributed by atoms with Gasteiger partial charge in [-0.05, 0) is 36.5 Å². The monoisotopic (exact) mass is 407 g/mol. The van der Waals surface area contributed by atoms with Gasteiger partial charge in [-0.15, -0.1) is 24.0 Å². The van der Waals surface area contributed by atoms with Crippen molar-refractivity contribution in [3.8, 4) is 5.75 Å². The normalized spacial score (nSPS) is 19.1. The third kappa shape index (κ3) is 5.01. The van der Waals surface area contributed by atoms with Crippen LogP contribution in [0.15, 0.2) is 23.2 Å². The number of rotatable bonds is 2. The Morgan fingerprint density at radius 2 is 2.29 bits per heavy atom. The first-order valence-electron chi connectivity index (χ1n) is 7.03. The summed E-state index contributed by atoms with van der Waals surface area (Å²) in [5, 5.41) is 12.4. The number of hydrogen-bond donors (Lipinski definition) is 2. The van der Waals surface area contributed by atoms with Crippen molar-refractivity contribution in [3.63, 3.8) is 0 Å². The molecule has 2 rings (SSSR count). The van der Waals surface area contributed by atoms with E-state index in [1.54, 1.807) is 13.1 Å². The van der Waals surface area contributed by atoms with Gasteiger partial charge in [0.05, 0.1) is 0 Å². The Morgan fingerprint density at radius 3 is 2.90 bits per heavy atom. The molecule has 0 bridgehead atoms. The second kappa shape index (κ2) is 8.41. The number of piperidine rings is 1. The molecular formula is C15H23FIN3O. The number of aromatic hydroxyl groups is 1. The molecule has 0 radical (unpaired) electrons. The van der Waals surface area contributed by atoms with E-state index < -0.39 is 5.82 Å². The summed E-state index contributed by atoms with van der Waals surface area (Å²) in [5.74, 6) is 0.618. The largest absolute Gasteiger partial charge is 0.505 e. The molecule has 2 N–H and O–H groups in total. The molecule has 6 heteroatoms. The first-order chi connectivity index (χ1) is 9.60.